The van der Waals surface area contributed by atoms with Crippen LogP contribution in [0, 0.1) is 39.4 Å². The number of nitrogens with zero attached hydrogens (tertiary/aromatic N) is 1. The van der Waals surface area contributed by atoms with Crippen LogP contribution < -0.4 is 10.6 Å². The molecule has 1 aromatic heterocycles. The smallest absolute Gasteiger partial charge is 0.281 e. The third-order valence-electron chi connectivity index (χ3n) is 7.90. The van der Waals surface area contributed by atoms with Gasteiger partial charge in [0.05, 0.1) is 27.7 Å². The van der Waals surface area contributed by atoms with Gasteiger partial charge in [-0.05, 0) is 67.5 Å². The first-order chi connectivity index (χ1) is 19.1. The van der Waals surface area contributed by atoms with Crippen LogP contribution in [-0.2, 0) is 0 Å². The number of carbonyl (C=O) groups excluding carboxylic acids is 2. The maximum absolute atomic E-state index is 15.2. The zero-order valence-electron chi connectivity index (χ0n) is 21.1. The molecule has 11 heteroatoms. The highest BCUT2D eigenvalue weighted by molar-refractivity contribution is 6.12. The van der Waals surface area contributed by atoms with Crippen LogP contribution in [0.5, 0.6) is 0 Å². The second-order valence-electron chi connectivity index (χ2n) is 10.2. The number of rotatable bonds is 6. The van der Waals surface area contributed by atoms with Gasteiger partial charge in [0.2, 0.25) is 0 Å². The Hall–Kier alpha value is -4.67. The van der Waals surface area contributed by atoms with Crippen molar-refractivity contribution in [2.45, 2.75) is 25.3 Å². The van der Waals surface area contributed by atoms with Crippen LogP contribution in [0.3, 0.4) is 0 Å². The standard InChI is InChI=1S/C29H22F3N3O5/c1-33-29(37)26-20-10-18(24(35(38)39)12-25(20)40-27(26)14-2-4-16(30)5-3-14)17-9-19(22(32)11-21(17)31)28(36)34-23-8-13-6-15(23)7-13/h2-5,9-13,15,23H,6-8H2,1H3,(H,33,37)(H,34,36). The van der Waals surface area contributed by atoms with E-state index in [0.29, 0.717) is 23.5 Å². The summed E-state index contributed by atoms with van der Waals surface area (Å²) < 4.78 is 49.3. The van der Waals surface area contributed by atoms with E-state index in [0.717, 1.165) is 31.4 Å². The van der Waals surface area contributed by atoms with Crippen LogP contribution in [0.25, 0.3) is 33.4 Å². The first-order valence-corrected chi connectivity index (χ1v) is 12.7. The highest BCUT2D eigenvalue weighted by atomic mass is 19.1. The Bertz CT molecular complexity index is 1710. The number of nitro groups is 1. The number of furan rings is 1. The zero-order valence-corrected chi connectivity index (χ0v) is 21.1. The average molecular weight is 550 g/mol. The van der Waals surface area contributed by atoms with E-state index < -0.39 is 45.4 Å². The van der Waals surface area contributed by atoms with Crippen molar-refractivity contribution in [1.29, 1.82) is 0 Å². The van der Waals surface area contributed by atoms with E-state index in [9.17, 15) is 28.5 Å². The van der Waals surface area contributed by atoms with E-state index in [4.69, 9.17) is 4.42 Å². The maximum Gasteiger partial charge on any atom is 0.281 e. The number of benzene rings is 3. The van der Waals surface area contributed by atoms with Crippen LogP contribution in [0.4, 0.5) is 18.9 Å². The number of fused-ring (bicyclic) bond motifs is 2. The van der Waals surface area contributed by atoms with Crippen molar-refractivity contribution < 1.29 is 32.1 Å². The third-order valence-corrected chi connectivity index (χ3v) is 7.90. The molecule has 0 saturated heterocycles. The summed E-state index contributed by atoms with van der Waals surface area (Å²) in [6.07, 6.45) is 2.81. The fourth-order valence-corrected chi connectivity index (χ4v) is 5.87. The van der Waals surface area contributed by atoms with Crippen LogP contribution >= 0.6 is 0 Å². The van der Waals surface area contributed by atoms with Gasteiger partial charge < -0.3 is 15.1 Å². The van der Waals surface area contributed by atoms with Crippen LogP contribution in [0.15, 0.2) is 52.9 Å². The van der Waals surface area contributed by atoms with Gasteiger partial charge in [-0.3, -0.25) is 19.7 Å². The predicted octanol–water partition coefficient (Wildman–Crippen LogP) is 5.98. The Morgan fingerprint density at radius 1 is 0.950 bits per heavy atom. The Morgan fingerprint density at radius 2 is 1.68 bits per heavy atom. The first kappa shape index (κ1) is 25.6. The molecule has 8 nitrogen and oxygen atoms in total. The summed E-state index contributed by atoms with van der Waals surface area (Å²) in [7, 11) is 1.38. The summed E-state index contributed by atoms with van der Waals surface area (Å²) in [5, 5.41) is 17.5. The first-order valence-electron chi connectivity index (χ1n) is 12.7. The molecule has 1 atom stereocenters. The topological polar surface area (TPSA) is 114 Å². The molecule has 0 aliphatic heterocycles. The molecule has 3 fully saturated rings. The molecule has 1 heterocycles. The monoisotopic (exact) mass is 549 g/mol. The quantitative estimate of drug-likeness (QED) is 0.227. The Labute approximate surface area is 225 Å². The van der Waals surface area contributed by atoms with Gasteiger partial charge in [0.15, 0.2) is 0 Å². The van der Waals surface area contributed by atoms with Crippen molar-refractivity contribution in [1.82, 2.24) is 10.6 Å². The summed E-state index contributed by atoms with van der Waals surface area (Å²) in [6, 6.07) is 8.72. The fraction of sp³-hybridized carbons (Fsp3) is 0.241. The number of halogens is 3. The lowest BCUT2D eigenvalue weighted by atomic mass is 9.84. The number of nitro benzene ring substituents is 1. The number of nitrogens with one attached hydrogen (secondary N) is 2. The SMILES string of the molecule is CNC(=O)c1c(-c2ccc(F)cc2)oc2cc([N+](=O)[O-])c(-c3cc(C(=O)NC4CC5CC4C5)c(F)cc3F)cc12. The summed E-state index contributed by atoms with van der Waals surface area (Å²) in [4.78, 5) is 37.2. The van der Waals surface area contributed by atoms with Gasteiger partial charge in [0, 0.05) is 35.7 Å². The molecular formula is C29H22F3N3O5. The molecule has 3 saturated carbocycles. The molecule has 1 unspecified atom stereocenters. The fourth-order valence-electron chi connectivity index (χ4n) is 5.87. The van der Waals surface area contributed by atoms with Gasteiger partial charge in [0.25, 0.3) is 17.5 Å². The summed E-state index contributed by atoms with van der Waals surface area (Å²) in [5.41, 5.74) is -1.41. The number of hydrogen-bond acceptors (Lipinski definition) is 5. The van der Waals surface area contributed by atoms with Crippen molar-refractivity contribution in [2.75, 3.05) is 7.05 Å². The van der Waals surface area contributed by atoms with Gasteiger partial charge in [-0.2, -0.15) is 0 Å². The molecule has 0 spiro atoms. The van der Waals surface area contributed by atoms with E-state index in [-0.39, 0.29) is 39.5 Å². The lowest BCUT2D eigenvalue weighted by Gasteiger charge is -2.24. The number of carbonyl (C=O) groups is 2. The lowest BCUT2D eigenvalue weighted by Crippen LogP contribution is -2.37. The minimum atomic E-state index is -1.12. The second kappa shape index (κ2) is 9.51. The molecule has 2 amide bonds. The zero-order chi connectivity index (χ0) is 28.3. The molecule has 204 valence electrons. The molecule has 3 aliphatic rings. The lowest BCUT2D eigenvalue weighted by molar-refractivity contribution is -0.384. The van der Waals surface area contributed by atoms with Gasteiger partial charge in [-0.1, -0.05) is 0 Å². The van der Waals surface area contributed by atoms with Crippen molar-refractivity contribution in [3.63, 3.8) is 0 Å². The summed E-state index contributed by atoms with van der Waals surface area (Å²) >= 11 is 0. The van der Waals surface area contributed by atoms with E-state index in [2.05, 4.69) is 10.6 Å². The van der Waals surface area contributed by atoms with E-state index >= 15 is 4.39 Å². The van der Waals surface area contributed by atoms with E-state index in [1.54, 1.807) is 0 Å². The van der Waals surface area contributed by atoms with E-state index in [1.165, 1.54) is 37.4 Å². The van der Waals surface area contributed by atoms with Crippen molar-refractivity contribution >= 4 is 28.5 Å². The molecule has 3 aromatic carbocycles. The van der Waals surface area contributed by atoms with Gasteiger partial charge in [0.1, 0.15) is 28.8 Å². The molecule has 0 radical (unpaired) electrons. The van der Waals surface area contributed by atoms with Crippen molar-refractivity contribution in [2.24, 2.45) is 11.8 Å². The predicted molar refractivity (Wildman–Crippen MR) is 139 cm³/mol. The molecule has 2 N–H and O–H groups in total. The van der Waals surface area contributed by atoms with Gasteiger partial charge in [-0.25, -0.2) is 13.2 Å². The number of amides is 2. The minimum Gasteiger partial charge on any atom is -0.455 e. The largest absolute Gasteiger partial charge is 0.455 e. The van der Waals surface area contributed by atoms with Crippen molar-refractivity contribution in [3.05, 3.63) is 87.2 Å². The molecular weight excluding hydrogens is 527 g/mol. The maximum atomic E-state index is 15.2. The Balaban J connectivity index is 1.51. The Kier molecular flexibility index (Phi) is 6.09. The van der Waals surface area contributed by atoms with Gasteiger partial charge >= 0.3 is 0 Å². The molecule has 3 aliphatic carbocycles. The third kappa shape index (κ3) is 4.18. The number of hydrogen-bond donors (Lipinski definition) is 2. The minimum absolute atomic E-state index is 0.0130. The van der Waals surface area contributed by atoms with Crippen molar-refractivity contribution in [3.8, 4) is 22.5 Å². The summed E-state index contributed by atoms with van der Waals surface area (Å²) in [5.74, 6) is -3.17. The molecule has 2 bridgehead atoms. The summed E-state index contributed by atoms with van der Waals surface area (Å²) in [6.45, 7) is 0. The highest BCUT2D eigenvalue weighted by Crippen LogP contribution is 2.48. The van der Waals surface area contributed by atoms with Gasteiger partial charge in [-0.15, -0.1) is 0 Å². The van der Waals surface area contributed by atoms with Crippen LogP contribution in [0.2, 0.25) is 0 Å². The molecule has 40 heavy (non-hydrogen) atoms. The Morgan fingerprint density at radius 3 is 2.30 bits per heavy atom. The van der Waals surface area contributed by atoms with E-state index in [1.807, 2.05) is 0 Å². The molecule has 7 rings (SSSR count). The highest BCUT2D eigenvalue weighted by Gasteiger charge is 2.45. The average Bonchev–Trinajstić information content (AvgIpc) is 3.59. The molecule has 4 aromatic rings. The van der Waals surface area contributed by atoms with Crippen LogP contribution in [0.1, 0.15) is 40.0 Å². The second-order valence-corrected chi connectivity index (χ2v) is 10.2. The normalized spacial score (nSPS) is 19.4. The van der Waals surface area contributed by atoms with Crippen LogP contribution in [-0.4, -0.2) is 29.8 Å².